The van der Waals surface area contributed by atoms with E-state index in [0.717, 1.165) is 0 Å². The summed E-state index contributed by atoms with van der Waals surface area (Å²) in [7, 11) is 0. The number of hydrogen-bond donors (Lipinski definition) is 2. The quantitative estimate of drug-likeness (QED) is 0.579. The summed E-state index contributed by atoms with van der Waals surface area (Å²) in [5, 5.41) is 10.3. The number of anilines is 1. The standard InChI is InChI=1S/C9H8ClN3O2/c10-8-4-7(9(14)15)13(12-8)6-2-1-3-11-5-6/h1-5,8,12H,(H,14,15). The van der Waals surface area contributed by atoms with Crippen molar-refractivity contribution in [1.82, 2.24) is 10.4 Å². The van der Waals surface area contributed by atoms with Crippen LogP contribution in [0.15, 0.2) is 36.3 Å². The maximum absolute atomic E-state index is 10.9. The SMILES string of the molecule is O=C(O)C1=CC(Cl)NN1c1cccnc1. The molecular weight excluding hydrogens is 218 g/mol. The lowest BCUT2D eigenvalue weighted by atomic mass is 10.3. The molecule has 1 aliphatic rings. The molecule has 1 aromatic heterocycles. The monoisotopic (exact) mass is 225 g/mol. The van der Waals surface area contributed by atoms with Crippen LogP contribution in [-0.2, 0) is 4.79 Å². The number of pyridine rings is 1. The van der Waals surface area contributed by atoms with Gasteiger partial charge in [-0.05, 0) is 18.2 Å². The molecule has 5 nitrogen and oxygen atoms in total. The second-order valence-electron chi connectivity index (χ2n) is 2.93. The fraction of sp³-hybridized carbons (Fsp3) is 0.111. The first-order valence-electron chi connectivity index (χ1n) is 4.24. The molecule has 6 heteroatoms. The predicted molar refractivity (Wildman–Crippen MR) is 55.2 cm³/mol. The van der Waals surface area contributed by atoms with Crippen molar-refractivity contribution in [2.45, 2.75) is 5.50 Å². The van der Waals surface area contributed by atoms with Gasteiger partial charge in [0.2, 0.25) is 0 Å². The maximum atomic E-state index is 10.9. The molecule has 0 saturated heterocycles. The van der Waals surface area contributed by atoms with Gasteiger partial charge >= 0.3 is 5.97 Å². The number of aromatic nitrogens is 1. The highest BCUT2D eigenvalue weighted by Gasteiger charge is 2.27. The van der Waals surface area contributed by atoms with Gasteiger partial charge in [-0.15, -0.1) is 0 Å². The predicted octanol–water partition coefficient (Wildman–Crippen LogP) is 0.940. The Morgan fingerprint density at radius 2 is 2.47 bits per heavy atom. The number of alkyl halides is 1. The molecule has 0 amide bonds. The summed E-state index contributed by atoms with van der Waals surface area (Å²) in [6.45, 7) is 0. The summed E-state index contributed by atoms with van der Waals surface area (Å²) in [6.07, 6.45) is 4.59. The number of aliphatic carboxylic acids is 1. The zero-order valence-electron chi connectivity index (χ0n) is 7.59. The lowest BCUT2D eigenvalue weighted by Gasteiger charge is -2.19. The summed E-state index contributed by atoms with van der Waals surface area (Å²) < 4.78 is 0. The van der Waals surface area contributed by atoms with Crippen molar-refractivity contribution >= 4 is 23.3 Å². The van der Waals surface area contributed by atoms with Crippen LogP contribution in [0.3, 0.4) is 0 Å². The lowest BCUT2D eigenvalue weighted by Crippen LogP contribution is -2.36. The van der Waals surface area contributed by atoms with E-state index in [1.807, 2.05) is 0 Å². The van der Waals surface area contributed by atoms with Crippen molar-refractivity contribution < 1.29 is 9.90 Å². The number of hydrogen-bond acceptors (Lipinski definition) is 4. The molecule has 0 bridgehead atoms. The molecule has 0 radical (unpaired) electrons. The second-order valence-corrected chi connectivity index (χ2v) is 3.40. The van der Waals surface area contributed by atoms with Gasteiger partial charge in [-0.3, -0.25) is 9.99 Å². The van der Waals surface area contributed by atoms with Gasteiger partial charge < -0.3 is 5.11 Å². The third kappa shape index (κ3) is 1.93. The molecule has 1 unspecified atom stereocenters. The van der Waals surface area contributed by atoms with Gasteiger partial charge in [0.25, 0.3) is 0 Å². The van der Waals surface area contributed by atoms with E-state index in [9.17, 15) is 4.79 Å². The largest absolute Gasteiger partial charge is 0.477 e. The topological polar surface area (TPSA) is 65.5 Å². The van der Waals surface area contributed by atoms with Crippen LogP contribution >= 0.6 is 11.6 Å². The number of nitrogens with one attached hydrogen (secondary N) is 1. The molecule has 1 aromatic rings. The average molecular weight is 226 g/mol. The summed E-state index contributed by atoms with van der Waals surface area (Å²) in [5.74, 6) is -1.03. The van der Waals surface area contributed by atoms with E-state index in [4.69, 9.17) is 16.7 Å². The highest BCUT2D eigenvalue weighted by molar-refractivity contribution is 6.22. The van der Waals surface area contributed by atoms with Crippen LogP contribution in [0.5, 0.6) is 0 Å². The Hall–Kier alpha value is -1.59. The first kappa shape index (κ1) is 9.95. The third-order valence-electron chi connectivity index (χ3n) is 1.92. The van der Waals surface area contributed by atoms with Crippen LogP contribution in [0.1, 0.15) is 0 Å². The molecule has 78 valence electrons. The molecular formula is C9H8ClN3O2. The molecule has 2 rings (SSSR count). The van der Waals surface area contributed by atoms with Crippen molar-refractivity contribution in [3.63, 3.8) is 0 Å². The van der Waals surface area contributed by atoms with E-state index >= 15 is 0 Å². The second kappa shape index (κ2) is 3.88. The lowest BCUT2D eigenvalue weighted by molar-refractivity contribution is -0.132. The average Bonchev–Trinajstić information content (AvgIpc) is 2.62. The number of carboxylic acids is 1. The van der Waals surface area contributed by atoms with Gasteiger partial charge in [0.15, 0.2) is 0 Å². The van der Waals surface area contributed by atoms with E-state index in [2.05, 4.69) is 10.4 Å². The molecule has 0 aromatic carbocycles. The highest BCUT2D eigenvalue weighted by Crippen LogP contribution is 2.22. The van der Waals surface area contributed by atoms with Crippen molar-refractivity contribution in [3.05, 3.63) is 36.3 Å². The minimum Gasteiger partial charge on any atom is -0.477 e. The molecule has 1 atom stereocenters. The Balaban J connectivity index is 2.32. The van der Waals surface area contributed by atoms with Crippen LogP contribution in [0, 0.1) is 0 Å². The van der Waals surface area contributed by atoms with Gasteiger partial charge in [-0.1, -0.05) is 11.6 Å². The Morgan fingerprint density at radius 1 is 1.67 bits per heavy atom. The normalized spacial score (nSPS) is 20.2. The third-order valence-corrected chi connectivity index (χ3v) is 2.14. The highest BCUT2D eigenvalue weighted by atomic mass is 35.5. The van der Waals surface area contributed by atoms with Crippen LogP contribution < -0.4 is 10.4 Å². The molecule has 0 saturated carbocycles. The van der Waals surface area contributed by atoms with Gasteiger partial charge in [0.1, 0.15) is 11.2 Å². The number of carboxylic acid groups (broad SMARTS) is 1. The Labute approximate surface area is 91.0 Å². The van der Waals surface area contributed by atoms with Crippen LogP contribution in [0.4, 0.5) is 5.69 Å². The summed E-state index contributed by atoms with van der Waals surface area (Å²) in [6, 6.07) is 3.46. The first-order valence-corrected chi connectivity index (χ1v) is 4.67. The van der Waals surface area contributed by atoms with E-state index in [1.165, 1.54) is 11.1 Å². The summed E-state index contributed by atoms with van der Waals surface area (Å²) in [4.78, 5) is 14.8. The Morgan fingerprint density at radius 3 is 3.07 bits per heavy atom. The van der Waals surface area contributed by atoms with Crippen LogP contribution in [0.25, 0.3) is 0 Å². The van der Waals surface area contributed by atoms with Crippen molar-refractivity contribution in [2.24, 2.45) is 0 Å². The molecule has 0 aliphatic carbocycles. The van der Waals surface area contributed by atoms with Crippen LogP contribution in [0.2, 0.25) is 0 Å². The van der Waals surface area contributed by atoms with Crippen molar-refractivity contribution in [2.75, 3.05) is 5.01 Å². The van der Waals surface area contributed by atoms with E-state index in [1.54, 1.807) is 24.5 Å². The summed E-state index contributed by atoms with van der Waals surface area (Å²) in [5.41, 5.74) is 3.00. The van der Waals surface area contributed by atoms with E-state index in [-0.39, 0.29) is 5.70 Å². The summed E-state index contributed by atoms with van der Waals surface area (Å²) >= 11 is 5.78. The first-order chi connectivity index (χ1) is 7.18. The van der Waals surface area contributed by atoms with Crippen molar-refractivity contribution in [1.29, 1.82) is 0 Å². The molecule has 2 N–H and O–H groups in total. The minimum absolute atomic E-state index is 0.100. The van der Waals surface area contributed by atoms with Crippen LogP contribution in [-0.4, -0.2) is 21.6 Å². The number of hydrazine groups is 1. The molecule has 0 spiro atoms. The zero-order chi connectivity index (χ0) is 10.8. The maximum Gasteiger partial charge on any atom is 0.353 e. The van der Waals surface area contributed by atoms with Crippen molar-refractivity contribution in [3.8, 4) is 0 Å². The number of nitrogens with zero attached hydrogens (tertiary/aromatic N) is 2. The molecule has 2 heterocycles. The molecule has 1 aliphatic heterocycles. The van der Waals surface area contributed by atoms with E-state index < -0.39 is 11.5 Å². The molecule has 15 heavy (non-hydrogen) atoms. The van der Waals surface area contributed by atoms with Gasteiger partial charge in [0, 0.05) is 6.20 Å². The van der Waals surface area contributed by atoms with Gasteiger partial charge in [0.05, 0.1) is 11.9 Å². The minimum atomic E-state index is -1.03. The Bertz CT molecular complexity index is 407. The number of carbonyl (C=O) groups is 1. The zero-order valence-corrected chi connectivity index (χ0v) is 8.35. The van der Waals surface area contributed by atoms with Gasteiger partial charge in [-0.25, -0.2) is 10.2 Å². The fourth-order valence-corrected chi connectivity index (χ4v) is 1.53. The molecule has 0 fully saturated rings. The Kier molecular flexibility index (Phi) is 2.57. The van der Waals surface area contributed by atoms with E-state index in [0.29, 0.717) is 5.69 Å². The van der Waals surface area contributed by atoms with Gasteiger partial charge in [-0.2, -0.15) is 0 Å². The fourth-order valence-electron chi connectivity index (χ4n) is 1.31. The smallest absolute Gasteiger partial charge is 0.353 e. The number of rotatable bonds is 2. The number of halogens is 1.